The highest BCUT2D eigenvalue weighted by atomic mass is 19.4. The monoisotopic (exact) mass is 425 g/mol. The highest BCUT2D eigenvalue weighted by molar-refractivity contribution is 5.77. The first-order valence-electron chi connectivity index (χ1n) is 9.61. The Kier molecular flexibility index (Phi) is 7.15. The molecule has 1 aliphatic heterocycles. The average molecular weight is 425 g/mol. The standard InChI is InChI=1S/C21H23F4N3O2/c22-17-3-5-18(6-4-17)28-13-11-27(12-14-28)10-9-26-20(29)15-30-19-7-1-16(2-8-19)21(23,24)25/h1-8H,9-15H2,(H,26,29). The summed E-state index contributed by atoms with van der Waals surface area (Å²) in [6, 6.07) is 10.6. The fourth-order valence-electron chi connectivity index (χ4n) is 3.18. The van der Waals surface area contributed by atoms with Gasteiger partial charge in [0.1, 0.15) is 11.6 Å². The zero-order valence-electron chi connectivity index (χ0n) is 16.3. The van der Waals surface area contributed by atoms with Gasteiger partial charge in [-0.3, -0.25) is 9.69 Å². The van der Waals surface area contributed by atoms with E-state index in [0.29, 0.717) is 13.1 Å². The van der Waals surface area contributed by atoms with Gasteiger partial charge in [0.2, 0.25) is 0 Å². The molecular formula is C21H23F4N3O2. The first-order chi connectivity index (χ1) is 14.3. The van der Waals surface area contributed by atoms with Crippen LogP contribution in [0.15, 0.2) is 48.5 Å². The van der Waals surface area contributed by atoms with Crippen molar-refractivity contribution in [1.82, 2.24) is 10.2 Å². The van der Waals surface area contributed by atoms with Gasteiger partial charge in [0.25, 0.3) is 5.91 Å². The Morgan fingerprint density at radius 3 is 2.20 bits per heavy atom. The fourth-order valence-corrected chi connectivity index (χ4v) is 3.18. The van der Waals surface area contributed by atoms with Gasteiger partial charge in [-0.1, -0.05) is 0 Å². The number of halogens is 4. The number of nitrogens with one attached hydrogen (secondary N) is 1. The van der Waals surface area contributed by atoms with Crippen molar-refractivity contribution < 1.29 is 27.1 Å². The molecule has 2 aromatic carbocycles. The third-order valence-electron chi connectivity index (χ3n) is 4.87. The molecule has 1 heterocycles. The highest BCUT2D eigenvalue weighted by Crippen LogP contribution is 2.30. The summed E-state index contributed by atoms with van der Waals surface area (Å²) in [4.78, 5) is 16.3. The minimum Gasteiger partial charge on any atom is -0.484 e. The molecule has 1 fully saturated rings. The van der Waals surface area contributed by atoms with Crippen LogP contribution in [-0.2, 0) is 11.0 Å². The number of piperazine rings is 1. The Morgan fingerprint density at radius 1 is 0.967 bits per heavy atom. The first kappa shape index (κ1) is 21.9. The molecule has 1 saturated heterocycles. The SMILES string of the molecule is O=C(COc1ccc(C(F)(F)F)cc1)NCCN1CCN(c2ccc(F)cc2)CC1. The van der Waals surface area contributed by atoms with E-state index >= 15 is 0 Å². The number of rotatable bonds is 7. The van der Waals surface area contributed by atoms with Gasteiger partial charge in [-0.25, -0.2) is 4.39 Å². The van der Waals surface area contributed by atoms with Gasteiger partial charge in [0, 0.05) is 45.0 Å². The maximum atomic E-state index is 13.0. The molecular weight excluding hydrogens is 402 g/mol. The Balaban J connectivity index is 1.32. The lowest BCUT2D eigenvalue weighted by Gasteiger charge is -2.36. The summed E-state index contributed by atoms with van der Waals surface area (Å²) >= 11 is 0. The van der Waals surface area contributed by atoms with Crippen molar-refractivity contribution in [3.05, 3.63) is 59.9 Å². The maximum absolute atomic E-state index is 13.0. The van der Waals surface area contributed by atoms with Crippen molar-refractivity contribution in [3.8, 4) is 5.75 Å². The lowest BCUT2D eigenvalue weighted by Crippen LogP contribution is -2.48. The molecule has 162 valence electrons. The van der Waals surface area contributed by atoms with Gasteiger partial charge >= 0.3 is 6.18 Å². The zero-order valence-corrected chi connectivity index (χ0v) is 16.3. The van der Waals surface area contributed by atoms with E-state index in [1.165, 1.54) is 24.3 Å². The number of alkyl halides is 3. The van der Waals surface area contributed by atoms with E-state index in [-0.39, 0.29) is 24.1 Å². The van der Waals surface area contributed by atoms with Gasteiger partial charge < -0.3 is 15.0 Å². The first-order valence-corrected chi connectivity index (χ1v) is 9.61. The Hall–Kier alpha value is -2.81. The highest BCUT2D eigenvalue weighted by Gasteiger charge is 2.30. The number of hydrogen-bond donors (Lipinski definition) is 1. The van der Waals surface area contributed by atoms with E-state index < -0.39 is 11.7 Å². The van der Waals surface area contributed by atoms with Crippen molar-refractivity contribution in [2.75, 3.05) is 50.8 Å². The van der Waals surface area contributed by atoms with E-state index in [2.05, 4.69) is 15.1 Å². The van der Waals surface area contributed by atoms with Crippen molar-refractivity contribution >= 4 is 11.6 Å². The number of nitrogens with zero attached hydrogens (tertiary/aromatic N) is 2. The molecule has 0 radical (unpaired) electrons. The molecule has 0 unspecified atom stereocenters. The normalized spacial score (nSPS) is 15.1. The topological polar surface area (TPSA) is 44.8 Å². The molecule has 0 atom stereocenters. The smallest absolute Gasteiger partial charge is 0.416 e. The Labute approximate surface area is 172 Å². The Bertz CT molecular complexity index is 818. The predicted octanol–water partition coefficient (Wildman–Crippen LogP) is 3.16. The summed E-state index contributed by atoms with van der Waals surface area (Å²) in [7, 11) is 0. The van der Waals surface area contributed by atoms with Crippen LogP contribution in [0.1, 0.15) is 5.56 Å². The quantitative estimate of drug-likeness (QED) is 0.693. The summed E-state index contributed by atoms with van der Waals surface area (Å²) in [6.07, 6.45) is -4.40. The number of anilines is 1. The van der Waals surface area contributed by atoms with Crippen LogP contribution in [0, 0.1) is 5.82 Å². The molecule has 5 nitrogen and oxygen atoms in total. The van der Waals surface area contributed by atoms with Gasteiger partial charge in [0.15, 0.2) is 6.61 Å². The number of carbonyl (C=O) groups is 1. The van der Waals surface area contributed by atoms with E-state index in [1.807, 2.05) is 0 Å². The molecule has 1 aliphatic rings. The molecule has 2 aromatic rings. The van der Waals surface area contributed by atoms with Crippen LogP contribution >= 0.6 is 0 Å². The van der Waals surface area contributed by atoms with Crippen molar-refractivity contribution in [1.29, 1.82) is 0 Å². The molecule has 0 spiro atoms. The minimum absolute atomic E-state index is 0.204. The molecule has 0 aliphatic carbocycles. The summed E-state index contributed by atoms with van der Waals surface area (Å²) in [5, 5.41) is 2.74. The lowest BCUT2D eigenvalue weighted by atomic mass is 10.2. The van der Waals surface area contributed by atoms with Gasteiger partial charge in [0.05, 0.1) is 5.56 Å². The summed E-state index contributed by atoms with van der Waals surface area (Å²) in [5.41, 5.74) is 0.226. The van der Waals surface area contributed by atoms with Crippen LogP contribution in [0.5, 0.6) is 5.75 Å². The van der Waals surface area contributed by atoms with E-state index in [9.17, 15) is 22.4 Å². The van der Waals surface area contributed by atoms with Gasteiger partial charge in [-0.15, -0.1) is 0 Å². The third kappa shape index (κ3) is 6.35. The van der Waals surface area contributed by atoms with Gasteiger partial charge in [-0.05, 0) is 48.5 Å². The van der Waals surface area contributed by atoms with Crippen molar-refractivity contribution in [2.45, 2.75) is 6.18 Å². The molecule has 0 saturated carbocycles. The predicted molar refractivity (Wildman–Crippen MR) is 105 cm³/mol. The zero-order chi connectivity index (χ0) is 21.6. The molecule has 9 heteroatoms. The largest absolute Gasteiger partial charge is 0.484 e. The summed E-state index contributed by atoms with van der Waals surface area (Å²) in [5.74, 6) is -0.384. The van der Waals surface area contributed by atoms with E-state index in [4.69, 9.17) is 4.74 Å². The maximum Gasteiger partial charge on any atom is 0.416 e. The van der Waals surface area contributed by atoms with Crippen molar-refractivity contribution in [3.63, 3.8) is 0 Å². The molecule has 1 N–H and O–H groups in total. The lowest BCUT2D eigenvalue weighted by molar-refractivity contribution is -0.137. The fraction of sp³-hybridized carbons (Fsp3) is 0.381. The van der Waals surface area contributed by atoms with Crippen LogP contribution < -0.4 is 15.0 Å². The number of ether oxygens (including phenoxy) is 1. The third-order valence-corrected chi connectivity index (χ3v) is 4.87. The summed E-state index contributed by atoms with van der Waals surface area (Å²) < 4.78 is 55.8. The number of hydrogen-bond acceptors (Lipinski definition) is 4. The molecule has 3 rings (SSSR count). The second-order valence-electron chi connectivity index (χ2n) is 6.97. The number of amides is 1. The summed E-state index contributed by atoms with van der Waals surface area (Å²) in [6.45, 7) is 4.16. The van der Waals surface area contributed by atoms with Crippen LogP contribution in [-0.4, -0.2) is 56.7 Å². The Morgan fingerprint density at radius 2 is 1.60 bits per heavy atom. The van der Waals surface area contributed by atoms with Crippen LogP contribution in [0.2, 0.25) is 0 Å². The van der Waals surface area contributed by atoms with E-state index in [0.717, 1.165) is 44.0 Å². The second-order valence-corrected chi connectivity index (χ2v) is 6.97. The second kappa shape index (κ2) is 9.80. The van der Waals surface area contributed by atoms with Crippen LogP contribution in [0.3, 0.4) is 0 Å². The average Bonchev–Trinajstić information content (AvgIpc) is 2.73. The minimum atomic E-state index is -4.40. The van der Waals surface area contributed by atoms with E-state index in [1.54, 1.807) is 12.1 Å². The number of benzene rings is 2. The number of carbonyl (C=O) groups excluding carboxylic acids is 1. The molecule has 30 heavy (non-hydrogen) atoms. The van der Waals surface area contributed by atoms with Crippen molar-refractivity contribution in [2.24, 2.45) is 0 Å². The van der Waals surface area contributed by atoms with Crippen LogP contribution in [0.4, 0.5) is 23.2 Å². The molecule has 0 aromatic heterocycles. The van der Waals surface area contributed by atoms with Gasteiger partial charge in [-0.2, -0.15) is 13.2 Å². The molecule has 0 bridgehead atoms. The molecule has 1 amide bonds. The van der Waals surface area contributed by atoms with Crippen LogP contribution in [0.25, 0.3) is 0 Å².